The number of benzene rings is 5. The lowest BCUT2D eigenvalue weighted by Gasteiger charge is -2.28. The summed E-state index contributed by atoms with van der Waals surface area (Å²) in [7, 11) is -2.71. The Labute approximate surface area is 236 Å². The van der Waals surface area contributed by atoms with Crippen LogP contribution < -0.4 is 31.8 Å². The van der Waals surface area contributed by atoms with Crippen LogP contribution in [0.15, 0.2) is 121 Å². The minimum Gasteiger partial charge on any atom is -0.192 e. The van der Waals surface area contributed by atoms with Gasteiger partial charge in [0.15, 0.2) is 0 Å². The average molecular weight is 547 g/mol. The first kappa shape index (κ1) is 26.5. The van der Waals surface area contributed by atoms with Gasteiger partial charge >= 0.3 is 0 Å². The fourth-order valence-electron chi connectivity index (χ4n) is 4.67. The lowest BCUT2D eigenvalue weighted by Crippen LogP contribution is -2.36. The van der Waals surface area contributed by atoms with Crippen molar-refractivity contribution in [3.63, 3.8) is 0 Å². The molecule has 4 nitrogen and oxygen atoms in total. The highest BCUT2D eigenvalue weighted by Crippen LogP contribution is 2.41. The van der Waals surface area contributed by atoms with E-state index in [1.165, 1.54) is 0 Å². The molecule has 5 rings (SSSR count). The summed E-state index contributed by atoms with van der Waals surface area (Å²) in [4.78, 5) is 0. The number of nitriles is 4. The van der Waals surface area contributed by atoms with Gasteiger partial charge in [0.05, 0.1) is 46.5 Å². The molecule has 0 aliphatic rings. The van der Waals surface area contributed by atoms with Crippen molar-refractivity contribution in [1.29, 1.82) is 21.0 Å². The van der Waals surface area contributed by atoms with Crippen LogP contribution in [0.3, 0.4) is 0 Å². The molecule has 5 aromatic rings. The van der Waals surface area contributed by atoms with E-state index in [1.807, 2.05) is 84.9 Å². The van der Waals surface area contributed by atoms with E-state index in [0.29, 0.717) is 22.3 Å². The van der Waals surface area contributed by atoms with E-state index in [4.69, 9.17) is 0 Å². The quantitative estimate of drug-likeness (QED) is 0.289. The maximum absolute atomic E-state index is 10.1. The van der Waals surface area contributed by atoms with Gasteiger partial charge in [-0.25, -0.2) is 0 Å². The van der Waals surface area contributed by atoms with Gasteiger partial charge in [0.1, 0.15) is 0 Å². The molecule has 0 aromatic heterocycles. The van der Waals surface area contributed by atoms with Gasteiger partial charge in [0, 0.05) is 21.2 Å². The minimum absolute atomic E-state index is 0.551. The summed E-state index contributed by atoms with van der Waals surface area (Å²) >= 11 is 0. The van der Waals surface area contributed by atoms with Crippen LogP contribution in [-0.2, 0) is 0 Å². The Kier molecular flexibility index (Phi) is 8.08. The van der Waals surface area contributed by atoms with Gasteiger partial charge in [-0.3, -0.25) is 0 Å². The van der Waals surface area contributed by atoms with Gasteiger partial charge in [-0.2, -0.15) is 21.0 Å². The first-order valence-electron chi connectivity index (χ1n) is 12.4. The number of hydrogen-bond acceptors (Lipinski definition) is 4. The molecule has 5 aromatic carbocycles. The molecule has 6 heteroatoms. The van der Waals surface area contributed by atoms with Crippen molar-refractivity contribution in [2.45, 2.75) is 0 Å². The molecule has 0 spiro atoms. The lowest BCUT2D eigenvalue weighted by molar-refractivity contribution is 1.49. The monoisotopic (exact) mass is 546 g/mol. The maximum atomic E-state index is 10.1. The second-order valence-corrected chi connectivity index (χ2v) is 12.9. The Balaban J connectivity index is 1.89. The standard InChI is InChI=1S/C34H20N4P2/c35-21-25-11-1-5-15-29(25)39(30-16-6-2-12-26(30)22-36)33-19-9-10-20-34(33)40(31-17-7-3-13-27(31)23-37)32-18-8-4-14-28(32)24-38/h1-20H. The van der Waals surface area contributed by atoms with E-state index >= 15 is 0 Å². The zero-order valence-corrected chi connectivity index (χ0v) is 23.0. The molecule has 0 aliphatic carbocycles. The van der Waals surface area contributed by atoms with Crippen molar-refractivity contribution in [1.82, 2.24) is 0 Å². The molecule has 0 amide bonds. The van der Waals surface area contributed by atoms with Crippen LogP contribution in [0.1, 0.15) is 22.3 Å². The molecule has 0 fully saturated rings. The summed E-state index contributed by atoms with van der Waals surface area (Å²) in [5.74, 6) is 0. The van der Waals surface area contributed by atoms with E-state index in [0.717, 1.165) is 31.8 Å². The fraction of sp³-hybridized carbons (Fsp3) is 0. The number of nitrogens with zero attached hydrogens (tertiary/aromatic N) is 4. The van der Waals surface area contributed by atoms with Crippen molar-refractivity contribution >= 4 is 47.7 Å². The van der Waals surface area contributed by atoms with E-state index in [-0.39, 0.29) is 0 Å². The van der Waals surface area contributed by atoms with Gasteiger partial charge in [-0.05, 0) is 50.7 Å². The van der Waals surface area contributed by atoms with Crippen molar-refractivity contribution in [3.05, 3.63) is 144 Å². The summed E-state index contributed by atoms with van der Waals surface area (Å²) in [6, 6.07) is 47.6. The molecule has 0 atom stereocenters. The molecule has 0 heterocycles. The van der Waals surface area contributed by atoms with E-state index in [2.05, 4.69) is 36.4 Å². The summed E-state index contributed by atoms with van der Waals surface area (Å²) in [5.41, 5.74) is 2.20. The second kappa shape index (κ2) is 12.2. The third-order valence-corrected chi connectivity index (χ3v) is 11.8. The van der Waals surface area contributed by atoms with Gasteiger partial charge < -0.3 is 0 Å². The van der Waals surface area contributed by atoms with Crippen molar-refractivity contribution in [3.8, 4) is 24.3 Å². The number of rotatable bonds is 6. The molecule has 0 saturated heterocycles. The Bertz CT molecular complexity index is 1630. The molecular formula is C34H20N4P2. The second-order valence-electron chi connectivity index (χ2n) is 8.68. The molecule has 0 saturated carbocycles. The summed E-state index contributed by atoms with van der Waals surface area (Å²) in [6.45, 7) is 0. The fourth-order valence-corrected chi connectivity index (χ4v) is 10.3. The topological polar surface area (TPSA) is 95.2 Å². The van der Waals surface area contributed by atoms with Crippen molar-refractivity contribution in [2.75, 3.05) is 0 Å². The first-order valence-corrected chi connectivity index (χ1v) is 15.1. The largest absolute Gasteiger partial charge is 0.192 e. The highest BCUT2D eigenvalue weighted by molar-refractivity contribution is 7.85. The van der Waals surface area contributed by atoms with Gasteiger partial charge in [0.25, 0.3) is 0 Å². The van der Waals surface area contributed by atoms with Gasteiger partial charge in [0.2, 0.25) is 0 Å². The Morgan fingerprint density at radius 1 is 0.300 bits per heavy atom. The van der Waals surface area contributed by atoms with Crippen LogP contribution in [0.2, 0.25) is 0 Å². The Hall–Kier alpha value is -5.08. The Morgan fingerprint density at radius 2 is 0.500 bits per heavy atom. The molecule has 0 N–H and O–H groups in total. The first-order chi connectivity index (χ1) is 19.7. The number of hydrogen-bond donors (Lipinski definition) is 0. The van der Waals surface area contributed by atoms with Crippen LogP contribution in [0.25, 0.3) is 0 Å². The average Bonchev–Trinajstić information content (AvgIpc) is 3.03. The Morgan fingerprint density at radius 3 is 0.725 bits per heavy atom. The van der Waals surface area contributed by atoms with Crippen LogP contribution in [-0.4, -0.2) is 0 Å². The summed E-state index contributed by atoms with van der Waals surface area (Å²) < 4.78 is 0. The third-order valence-electron chi connectivity index (χ3n) is 6.43. The van der Waals surface area contributed by atoms with Crippen molar-refractivity contribution < 1.29 is 0 Å². The molecule has 186 valence electrons. The summed E-state index contributed by atoms with van der Waals surface area (Å²) in [6.07, 6.45) is 0. The third kappa shape index (κ3) is 5.00. The van der Waals surface area contributed by atoms with Crippen LogP contribution in [0.5, 0.6) is 0 Å². The molecular weight excluding hydrogens is 526 g/mol. The predicted octanol–water partition coefficient (Wildman–Crippen LogP) is 4.69. The zero-order valence-electron chi connectivity index (χ0n) is 21.2. The zero-order chi connectivity index (χ0) is 27.9. The van der Waals surface area contributed by atoms with Gasteiger partial charge in [-0.15, -0.1) is 0 Å². The molecule has 0 unspecified atom stereocenters. The van der Waals surface area contributed by atoms with E-state index in [1.54, 1.807) is 24.3 Å². The molecule has 0 bridgehead atoms. The van der Waals surface area contributed by atoms with Crippen LogP contribution >= 0.6 is 15.8 Å². The van der Waals surface area contributed by atoms with E-state index in [9.17, 15) is 21.0 Å². The minimum atomic E-state index is -1.36. The summed E-state index contributed by atoms with van der Waals surface area (Å²) in [5, 5.41) is 45.7. The molecule has 0 aliphatic heterocycles. The van der Waals surface area contributed by atoms with Gasteiger partial charge in [-0.1, -0.05) is 97.1 Å². The predicted molar refractivity (Wildman–Crippen MR) is 163 cm³/mol. The molecule has 40 heavy (non-hydrogen) atoms. The van der Waals surface area contributed by atoms with Crippen LogP contribution in [0, 0.1) is 45.3 Å². The molecule has 0 radical (unpaired) electrons. The highest BCUT2D eigenvalue weighted by atomic mass is 31.1. The van der Waals surface area contributed by atoms with Crippen molar-refractivity contribution in [2.24, 2.45) is 0 Å². The highest BCUT2D eigenvalue weighted by Gasteiger charge is 2.30. The normalized spacial score (nSPS) is 10.3. The van der Waals surface area contributed by atoms with E-state index < -0.39 is 15.8 Å². The smallest absolute Gasteiger partial charge is 0.0998 e. The maximum Gasteiger partial charge on any atom is 0.0998 e. The SMILES string of the molecule is N#Cc1ccccc1P(c1ccccc1C#N)c1ccccc1P(c1ccccc1C#N)c1ccccc1C#N. The lowest BCUT2D eigenvalue weighted by atomic mass is 10.2. The van der Waals surface area contributed by atoms with Crippen LogP contribution in [0.4, 0.5) is 0 Å².